The zero-order valence-electron chi connectivity index (χ0n) is 13.4. The molecule has 0 saturated carbocycles. The number of alkyl halides is 3. The van der Waals surface area contributed by atoms with Crippen molar-refractivity contribution >= 4 is 11.6 Å². The Morgan fingerprint density at radius 3 is 2.14 bits per heavy atom. The van der Waals surface area contributed by atoms with Gasteiger partial charge >= 0.3 is 6.18 Å². The van der Waals surface area contributed by atoms with Crippen molar-refractivity contribution in [2.45, 2.75) is 46.2 Å². The average molecular weight is 304 g/mol. The maximum Gasteiger partial charge on any atom is 0.405 e. The summed E-state index contributed by atoms with van der Waals surface area (Å²) in [6.45, 7) is 9.04. The SMILES string of the molecule is CCNc1nc(C(C)(C)C)nc(N(C)CC(F)(F)F)c1C. The van der Waals surface area contributed by atoms with E-state index in [1.54, 1.807) is 6.92 Å². The smallest absolute Gasteiger partial charge is 0.370 e. The molecule has 0 radical (unpaired) electrons. The lowest BCUT2D eigenvalue weighted by molar-refractivity contribution is -0.119. The standard InChI is InChI=1S/C14H23F3N4/c1-7-18-10-9(2)11(21(6)8-14(15,16)17)20-12(19-10)13(3,4)5/h7-8H2,1-6H3,(H,18,19,20). The zero-order valence-corrected chi connectivity index (χ0v) is 13.4. The lowest BCUT2D eigenvalue weighted by atomic mass is 9.95. The molecule has 1 heterocycles. The lowest BCUT2D eigenvalue weighted by Gasteiger charge is -2.26. The molecule has 7 heteroatoms. The average Bonchev–Trinajstić information content (AvgIpc) is 2.28. The third-order valence-corrected chi connectivity index (χ3v) is 2.91. The van der Waals surface area contributed by atoms with Gasteiger partial charge in [0.05, 0.1) is 0 Å². The van der Waals surface area contributed by atoms with Gasteiger partial charge in [0.2, 0.25) is 0 Å². The summed E-state index contributed by atoms with van der Waals surface area (Å²) in [5.74, 6) is 1.41. The molecule has 0 aliphatic carbocycles. The molecule has 0 bridgehead atoms. The lowest BCUT2D eigenvalue weighted by Crippen LogP contribution is -2.33. The van der Waals surface area contributed by atoms with Crippen molar-refractivity contribution in [3.63, 3.8) is 0 Å². The summed E-state index contributed by atoms with van der Waals surface area (Å²) in [6, 6.07) is 0. The molecule has 1 rings (SSSR count). The van der Waals surface area contributed by atoms with Crippen LogP contribution in [0.5, 0.6) is 0 Å². The summed E-state index contributed by atoms with van der Waals surface area (Å²) >= 11 is 0. The van der Waals surface area contributed by atoms with Gasteiger partial charge in [0, 0.05) is 24.6 Å². The van der Waals surface area contributed by atoms with E-state index in [0.717, 1.165) is 4.90 Å². The Morgan fingerprint density at radius 1 is 1.14 bits per heavy atom. The van der Waals surface area contributed by atoms with E-state index in [1.165, 1.54) is 7.05 Å². The van der Waals surface area contributed by atoms with E-state index < -0.39 is 12.7 Å². The number of hydrogen-bond donors (Lipinski definition) is 1. The van der Waals surface area contributed by atoms with Crippen LogP contribution in [-0.4, -0.2) is 36.3 Å². The second kappa shape index (κ2) is 6.07. The highest BCUT2D eigenvalue weighted by molar-refractivity contribution is 5.58. The van der Waals surface area contributed by atoms with Crippen LogP contribution in [0.3, 0.4) is 0 Å². The van der Waals surface area contributed by atoms with Gasteiger partial charge in [-0.25, -0.2) is 9.97 Å². The second-order valence-corrected chi connectivity index (χ2v) is 6.10. The van der Waals surface area contributed by atoms with Gasteiger partial charge < -0.3 is 10.2 Å². The summed E-state index contributed by atoms with van der Waals surface area (Å²) in [7, 11) is 1.39. The van der Waals surface area contributed by atoms with E-state index in [0.29, 0.717) is 29.6 Å². The van der Waals surface area contributed by atoms with Gasteiger partial charge in [-0.2, -0.15) is 13.2 Å². The van der Waals surface area contributed by atoms with Gasteiger partial charge in [-0.15, -0.1) is 0 Å². The number of halogens is 3. The topological polar surface area (TPSA) is 41.1 Å². The Bertz CT molecular complexity index is 492. The Balaban J connectivity index is 3.32. The van der Waals surface area contributed by atoms with Crippen LogP contribution in [0.25, 0.3) is 0 Å². The number of nitrogens with zero attached hydrogens (tertiary/aromatic N) is 3. The summed E-state index contributed by atoms with van der Waals surface area (Å²) in [4.78, 5) is 9.91. The van der Waals surface area contributed by atoms with Crippen LogP contribution in [-0.2, 0) is 5.41 Å². The predicted octanol–water partition coefficient (Wildman–Crippen LogP) is 3.51. The third-order valence-electron chi connectivity index (χ3n) is 2.91. The molecule has 120 valence electrons. The fourth-order valence-electron chi connectivity index (χ4n) is 1.90. The molecule has 4 nitrogen and oxygen atoms in total. The van der Waals surface area contributed by atoms with Gasteiger partial charge in [0.1, 0.15) is 24.0 Å². The highest BCUT2D eigenvalue weighted by Gasteiger charge is 2.31. The molecule has 1 N–H and O–H groups in total. The Kier molecular flexibility index (Phi) is 5.07. The van der Waals surface area contributed by atoms with Crippen LogP contribution in [0.15, 0.2) is 0 Å². The van der Waals surface area contributed by atoms with Gasteiger partial charge in [0.15, 0.2) is 0 Å². The second-order valence-electron chi connectivity index (χ2n) is 6.10. The first kappa shape index (κ1) is 17.5. The first-order valence-electron chi connectivity index (χ1n) is 6.86. The monoisotopic (exact) mass is 304 g/mol. The van der Waals surface area contributed by atoms with Crippen LogP contribution in [0, 0.1) is 6.92 Å². The summed E-state index contributed by atoms with van der Waals surface area (Å²) in [6.07, 6.45) is -4.27. The summed E-state index contributed by atoms with van der Waals surface area (Å²) in [5.41, 5.74) is 0.280. The van der Waals surface area contributed by atoms with Crippen molar-refractivity contribution in [1.82, 2.24) is 9.97 Å². The Morgan fingerprint density at radius 2 is 1.71 bits per heavy atom. The zero-order chi connectivity index (χ0) is 16.4. The molecule has 0 aliphatic rings. The summed E-state index contributed by atoms with van der Waals surface area (Å²) in [5, 5.41) is 3.09. The van der Waals surface area contributed by atoms with Crippen LogP contribution >= 0.6 is 0 Å². The maximum atomic E-state index is 12.6. The van der Waals surface area contributed by atoms with Gasteiger partial charge in [-0.05, 0) is 13.8 Å². The van der Waals surface area contributed by atoms with E-state index in [4.69, 9.17) is 0 Å². The predicted molar refractivity (Wildman–Crippen MR) is 79.0 cm³/mol. The molecule has 21 heavy (non-hydrogen) atoms. The molecule has 0 aliphatic heterocycles. The van der Waals surface area contributed by atoms with Crippen LogP contribution in [0.2, 0.25) is 0 Å². The molecule has 0 amide bonds. The molecule has 1 aromatic heterocycles. The van der Waals surface area contributed by atoms with Gasteiger partial charge in [-0.3, -0.25) is 0 Å². The first-order valence-corrected chi connectivity index (χ1v) is 6.86. The summed E-state index contributed by atoms with van der Waals surface area (Å²) < 4.78 is 37.8. The molecule has 0 atom stereocenters. The highest BCUT2D eigenvalue weighted by Crippen LogP contribution is 2.29. The van der Waals surface area contributed by atoms with E-state index in [9.17, 15) is 13.2 Å². The van der Waals surface area contributed by atoms with E-state index in [-0.39, 0.29) is 5.41 Å². The normalized spacial score (nSPS) is 12.4. The number of anilines is 2. The molecule has 0 spiro atoms. The van der Waals surface area contributed by atoms with E-state index in [2.05, 4.69) is 15.3 Å². The number of hydrogen-bond acceptors (Lipinski definition) is 4. The minimum absolute atomic E-state index is 0.309. The number of rotatable bonds is 4. The van der Waals surface area contributed by atoms with Crippen LogP contribution in [0.4, 0.5) is 24.8 Å². The molecule has 0 saturated heterocycles. The van der Waals surface area contributed by atoms with E-state index >= 15 is 0 Å². The van der Waals surface area contributed by atoms with E-state index in [1.807, 2.05) is 27.7 Å². The molecule has 0 unspecified atom stereocenters. The fraction of sp³-hybridized carbons (Fsp3) is 0.714. The number of nitrogens with one attached hydrogen (secondary N) is 1. The van der Waals surface area contributed by atoms with Crippen molar-refractivity contribution in [3.05, 3.63) is 11.4 Å². The highest BCUT2D eigenvalue weighted by atomic mass is 19.4. The largest absolute Gasteiger partial charge is 0.405 e. The molecular weight excluding hydrogens is 281 g/mol. The molecule has 1 aromatic rings. The minimum Gasteiger partial charge on any atom is -0.370 e. The quantitative estimate of drug-likeness (QED) is 0.924. The van der Waals surface area contributed by atoms with Crippen molar-refractivity contribution in [2.75, 3.05) is 30.4 Å². The van der Waals surface area contributed by atoms with Gasteiger partial charge in [-0.1, -0.05) is 20.8 Å². The van der Waals surface area contributed by atoms with Crippen LogP contribution in [0.1, 0.15) is 39.1 Å². The maximum absolute atomic E-state index is 12.6. The van der Waals surface area contributed by atoms with Crippen molar-refractivity contribution in [2.24, 2.45) is 0 Å². The van der Waals surface area contributed by atoms with Crippen molar-refractivity contribution < 1.29 is 13.2 Å². The van der Waals surface area contributed by atoms with Crippen LogP contribution < -0.4 is 10.2 Å². The first-order chi connectivity index (χ1) is 9.45. The third kappa shape index (κ3) is 4.75. The van der Waals surface area contributed by atoms with Crippen molar-refractivity contribution in [1.29, 1.82) is 0 Å². The molecular formula is C14H23F3N4. The van der Waals surface area contributed by atoms with Gasteiger partial charge in [0.25, 0.3) is 0 Å². The Hall–Kier alpha value is -1.53. The fourth-order valence-corrected chi connectivity index (χ4v) is 1.90. The number of aromatic nitrogens is 2. The Labute approximate surface area is 123 Å². The van der Waals surface area contributed by atoms with Crippen molar-refractivity contribution in [3.8, 4) is 0 Å². The molecule has 0 fully saturated rings. The molecule has 0 aromatic carbocycles. The minimum atomic E-state index is -4.27.